The molecule has 0 heterocycles. The lowest BCUT2D eigenvalue weighted by Gasteiger charge is -2.08. The number of hydrogen-bond donors (Lipinski definition) is 0. The van der Waals surface area contributed by atoms with Crippen molar-refractivity contribution in [3.05, 3.63) is 59.7 Å². The molecular weight excluding hydrogens is 661 g/mol. The third kappa shape index (κ3) is 29.1. The molecule has 0 aromatic heterocycles. The van der Waals surface area contributed by atoms with E-state index in [1.807, 2.05) is 24.3 Å². The van der Waals surface area contributed by atoms with Crippen molar-refractivity contribution >= 4 is 6.16 Å². The van der Waals surface area contributed by atoms with Crippen LogP contribution >= 0.6 is 0 Å². The largest absolute Gasteiger partial charge is 0.519 e. The Morgan fingerprint density at radius 3 is 0.741 bits per heavy atom. The normalized spacial score (nSPS) is 11.3. The Kier molecular flexibility index (Phi) is 32.2. The fraction of sp³-hybridized carbons (Fsp3) is 0.745. The lowest BCUT2D eigenvalue weighted by molar-refractivity contribution is 0.152. The van der Waals surface area contributed by atoms with Crippen molar-refractivity contribution in [2.24, 2.45) is 0 Å². The van der Waals surface area contributed by atoms with Crippen molar-refractivity contribution in [2.45, 2.75) is 245 Å². The molecule has 0 radical (unpaired) electrons. The summed E-state index contributed by atoms with van der Waals surface area (Å²) in [5, 5.41) is 0. The van der Waals surface area contributed by atoms with Gasteiger partial charge in [-0.2, -0.15) is 0 Å². The first-order valence-corrected chi connectivity index (χ1v) is 23.8. The summed E-state index contributed by atoms with van der Waals surface area (Å²) < 4.78 is 10.9. The summed E-state index contributed by atoms with van der Waals surface area (Å²) in [5.74, 6) is 1.06. The first kappa shape index (κ1) is 47.9. The lowest BCUT2D eigenvalue weighted by atomic mass is 10.0. The molecule has 0 spiro atoms. The van der Waals surface area contributed by atoms with Gasteiger partial charge in [-0.1, -0.05) is 244 Å². The minimum Gasteiger partial charge on any atom is -0.395 e. The molecule has 0 amide bonds. The molecule has 0 bridgehead atoms. The van der Waals surface area contributed by atoms with Gasteiger partial charge < -0.3 is 9.47 Å². The number of rotatable bonds is 38. The van der Waals surface area contributed by atoms with Gasteiger partial charge in [0.25, 0.3) is 0 Å². The van der Waals surface area contributed by atoms with Crippen molar-refractivity contribution < 1.29 is 14.3 Å². The van der Waals surface area contributed by atoms with Gasteiger partial charge >= 0.3 is 6.16 Å². The molecule has 2 rings (SSSR count). The summed E-state index contributed by atoms with van der Waals surface area (Å²) in [6.07, 6.45) is 49.0. The van der Waals surface area contributed by atoms with Crippen LogP contribution in [0.15, 0.2) is 48.5 Å². The predicted octanol–water partition coefficient (Wildman–Crippen LogP) is 17.7. The third-order valence-electron chi connectivity index (χ3n) is 11.4. The van der Waals surface area contributed by atoms with E-state index < -0.39 is 6.16 Å². The smallest absolute Gasteiger partial charge is 0.395 e. The Balaban J connectivity index is 1.38. The van der Waals surface area contributed by atoms with Crippen LogP contribution in [0.2, 0.25) is 0 Å². The quantitative estimate of drug-likeness (QED) is 0.0390. The lowest BCUT2D eigenvalue weighted by Crippen LogP contribution is -2.13. The standard InChI is InChI=1S/C51H86O3/c1-3-5-7-9-11-13-15-17-19-21-23-25-27-29-31-33-35-37-47-39-43-49(44-40-47)53-51(52)54-50-45-41-48(42-46-50)38-36-34-32-30-28-26-24-22-20-18-16-14-12-10-8-6-4-2/h39-46H,3-38H2,1-2H3. The van der Waals surface area contributed by atoms with Crippen LogP contribution < -0.4 is 9.47 Å². The number of carbonyl (C=O) groups excluding carboxylic acids is 1. The van der Waals surface area contributed by atoms with Gasteiger partial charge in [-0.3, -0.25) is 0 Å². The predicted molar refractivity (Wildman–Crippen MR) is 235 cm³/mol. The summed E-state index contributed by atoms with van der Waals surface area (Å²) in [4.78, 5) is 12.4. The minimum absolute atomic E-state index is 0.529. The maximum atomic E-state index is 12.4. The van der Waals surface area contributed by atoms with Crippen LogP contribution in [0.4, 0.5) is 4.79 Å². The molecule has 308 valence electrons. The highest BCUT2D eigenvalue weighted by Crippen LogP contribution is 2.20. The molecule has 2 aromatic rings. The van der Waals surface area contributed by atoms with Crippen LogP contribution in [0.3, 0.4) is 0 Å². The van der Waals surface area contributed by atoms with Gasteiger partial charge in [-0.15, -0.1) is 0 Å². The summed E-state index contributed by atoms with van der Waals surface area (Å²) in [6.45, 7) is 4.59. The highest BCUT2D eigenvalue weighted by Gasteiger charge is 2.08. The third-order valence-corrected chi connectivity index (χ3v) is 11.4. The molecule has 0 N–H and O–H groups in total. The number of carbonyl (C=O) groups is 1. The fourth-order valence-corrected chi connectivity index (χ4v) is 7.77. The number of unbranched alkanes of at least 4 members (excludes halogenated alkanes) is 32. The average molecular weight is 747 g/mol. The van der Waals surface area contributed by atoms with E-state index >= 15 is 0 Å². The Labute approximate surface area is 335 Å². The van der Waals surface area contributed by atoms with Gasteiger partial charge in [0.2, 0.25) is 0 Å². The Morgan fingerprint density at radius 2 is 0.519 bits per heavy atom. The van der Waals surface area contributed by atoms with E-state index in [2.05, 4.69) is 38.1 Å². The molecule has 3 heteroatoms. The van der Waals surface area contributed by atoms with E-state index in [1.165, 1.54) is 229 Å². The second-order valence-corrected chi connectivity index (χ2v) is 16.6. The zero-order chi connectivity index (χ0) is 38.4. The minimum atomic E-state index is -0.683. The van der Waals surface area contributed by atoms with Crippen LogP contribution in [0.5, 0.6) is 11.5 Å². The highest BCUT2D eigenvalue weighted by molar-refractivity contribution is 5.67. The number of ether oxygens (including phenoxy) is 2. The Bertz CT molecular complexity index is 989. The molecule has 3 nitrogen and oxygen atoms in total. The fourth-order valence-electron chi connectivity index (χ4n) is 7.77. The van der Waals surface area contributed by atoms with E-state index in [0.717, 1.165) is 12.8 Å². The number of aryl methyl sites for hydroxylation is 2. The van der Waals surface area contributed by atoms with Crippen LogP contribution in [0.25, 0.3) is 0 Å². The van der Waals surface area contributed by atoms with Crippen molar-refractivity contribution in [1.82, 2.24) is 0 Å². The molecule has 0 aliphatic rings. The molecule has 0 unspecified atom stereocenters. The Hall–Kier alpha value is -2.29. The second-order valence-electron chi connectivity index (χ2n) is 16.6. The first-order valence-electron chi connectivity index (χ1n) is 23.8. The van der Waals surface area contributed by atoms with Gasteiger partial charge in [0.15, 0.2) is 0 Å². The SMILES string of the molecule is CCCCCCCCCCCCCCCCCCCc1ccc(OC(=O)Oc2ccc(CCCCCCCCCCCCCCCCCCC)cc2)cc1. The van der Waals surface area contributed by atoms with Gasteiger partial charge in [-0.25, -0.2) is 4.79 Å². The van der Waals surface area contributed by atoms with Crippen LogP contribution in [0.1, 0.15) is 243 Å². The van der Waals surface area contributed by atoms with Crippen LogP contribution in [-0.4, -0.2) is 6.16 Å². The zero-order valence-corrected chi connectivity index (χ0v) is 35.8. The van der Waals surface area contributed by atoms with E-state index in [1.54, 1.807) is 0 Å². The average Bonchev–Trinajstić information content (AvgIpc) is 3.18. The van der Waals surface area contributed by atoms with Crippen molar-refractivity contribution in [3.8, 4) is 11.5 Å². The van der Waals surface area contributed by atoms with Gasteiger partial charge in [-0.05, 0) is 61.1 Å². The monoisotopic (exact) mass is 747 g/mol. The zero-order valence-electron chi connectivity index (χ0n) is 35.8. The second kappa shape index (κ2) is 36.4. The molecule has 0 aliphatic carbocycles. The molecule has 0 fully saturated rings. The first-order chi connectivity index (χ1) is 26.7. The number of benzene rings is 2. The topological polar surface area (TPSA) is 35.5 Å². The van der Waals surface area contributed by atoms with E-state index in [4.69, 9.17) is 9.47 Å². The van der Waals surface area contributed by atoms with E-state index in [9.17, 15) is 4.79 Å². The summed E-state index contributed by atoms with van der Waals surface area (Å²) >= 11 is 0. The van der Waals surface area contributed by atoms with Crippen molar-refractivity contribution in [1.29, 1.82) is 0 Å². The van der Waals surface area contributed by atoms with Crippen LogP contribution in [-0.2, 0) is 12.8 Å². The van der Waals surface area contributed by atoms with Crippen molar-refractivity contribution in [3.63, 3.8) is 0 Å². The number of hydrogen-bond acceptors (Lipinski definition) is 3. The molecule has 2 aromatic carbocycles. The molecule has 0 atom stereocenters. The molecule has 0 saturated carbocycles. The molecular formula is C51H86O3. The van der Waals surface area contributed by atoms with Gasteiger partial charge in [0, 0.05) is 0 Å². The van der Waals surface area contributed by atoms with Crippen molar-refractivity contribution in [2.75, 3.05) is 0 Å². The summed E-state index contributed by atoms with van der Waals surface area (Å²) in [6, 6.07) is 15.8. The van der Waals surface area contributed by atoms with Gasteiger partial charge in [0.1, 0.15) is 11.5 Å². The molecule has 54 heavy (non-hydrogen) atoms. The molecule has 0 aliphatic heterocycles. The van der Waals surface area contributed by atoms with Gasteiger partial charge in [0.05, 0.1) is 0 Å². The highest BCUT2D eigenvalue weighted by atomic mass is 16.7. The van der Waals surface area contributed by atoms with E-state index in [0.29, 0.717) is 11.5 Å². The summed E-state index contributed by atoms with van der Waals surface area (Å²) in [5.41, 5.74) is 2.60. The van der Waals surface area contributed by atoms with Crippen LogP contribution in [0, 0.1) is 0 Å². The Morgan fingerprint density at radius 1 is 0.315 bits per heavy atom. The maximum absolute atomic E-state index is 12.4. The molecule has 0 saturated heterocycles. The van der Waals surface area contributed by atoms with E-state index in [-0.39, 0.29) is 0 Å². The summed E-state index contributed by atoms with van der Waals surface area (Å²) in [7, 11) is 0. The maximum Gasteiger partial charge on any atom is 0.519 e.